The van der Waals surface area contributed by atoms with Gasteiger partial charge in [0.05, 0.1) is 10.7 Å². The molecule has 0 unspecified atom stereocenters. The Morgan fingerprint density at radius 3 is 2.25 bits per heavy atom. The molecule has 2 N–H and O–H groups in total. The number of aromatic nitrogens is 1. The fourth-order valence-electron chi connectivity index (χ4n) is 2.70. The van der Waals surface area contributed by atoms with E-state index in [2.05, 4.69) is 15.8 Å². The summed E-state index contributed by atoms with van der Waals surface area (Å²) in [6.45, 7) is 1.77. The molecule has 2 heterocycles. The molecule has 2 aromatic heterocycles. The van der Waals surface area contributed by atoms with E-state index in [0.29, 0.717) is 20.5 Å². The van der Waals surface area contributed by atoms with E-state index in [1.807, 2.05) is 54.6 Å². The Labute approximate surface area is 174 Å². The number of thiophene rings is 1. The van der Waals surface area contributed by atoms with Gasteiger partial charge in [-0.05, 0) is 13.0 Å². The zero-order chi connectivity index (χ0) is 19.7. The van der Waals surface area contributed by atoms with Crippen LogP contribution >= 0.6 is 34.3 Å². The lowest BCUT2D eigenvalue weighted by atomic mass is 10.2. The van der Waals surface area contributed by atoms with Crippen molar-refractivity contribution in [3.63, 3.8) is 0 Å². The average Bonchev–Trinajstić information content (AvgIpc) is 3.27. The molecule has 4 aromatic rings. The second-order valence-corrected chi connectivity index (χ2v) is 8.38. The summed E-state index contributed by atoms with van der Waals surface area (Å²) < 4.78 is 0.912. The maximum absolute atomic E-state index is 12.5. The molecule has 140 valence electrons. The summed E-state index contributed by atoms with van der Waals surface area (Å²) in [6, 6.07) is 17.1. The smallest absolute Gasteiger partial charge is 0.266 e. The van der Waals surface area contributed by atoms with Crippen LogP contribution in [0, 0.1) is 6.92 Å². The summed E-state index contributed by atoms with van der Waals surface area (Å²) in [5.74, 6) is -0.868. The molecule has 4 rings (SSSR count). The third-order valence-electron chi connectivity index (χ3n) is 4.05. The number of hydrazine groups is 1. The summed E-state index contributed by atoms with van der Waals surface area (Å²) in [4.78, 5) is 30.2. The lowest BCUT2D eigenvalue weighted by Crippen LogP contribution is -2.41. The lowest BCUT2D eigenvalue weighted by Gasteiger charge is -2.05. The maximum atomic E-state index is 12.5. The Kier molecular flexibility index (Phi) is 5.13. The molecular weight excluding hydrogens is 414 g/mol. The molecule has 0 aliphatic heterocycles. The Hall–Kier alpha value is -2.74. The number of nitrogens with zero attached hydrogens (tertiary/aromatic N) is 1. The summed E-state index contributed by atoms with van der Waals surface area (Å²) in [6.07, 6.45) is 0. The third kappa shape index (κ3) is 3.52. The minimum absolute atomic E-state index is 0.356. The van der Waals surface area contributed by atoms with Crippen LogP contribution < -0.4 is 10.9 Å². The first-order valence-corrected chi connectivity index (χ1v) is 10.4. The minimum atomic E-state index is -0.454. The monoisotopic (exact) mass is 427 g/mol. The van der Waals surface area contributed by atoms with Crippen molar-refractivity contribution in [3.8, 4) is 10.6 Å². The second kappa shape index (κ2) is 7.71. The van der Waals surface area contributed by atoms with Crippen LogP contribution in [0.25, 0.3) is 20.7 Å². The zero-order valence-corrected chi connectivity index (χ0v) is 17.0. The number of carbonyl (C=O) groups is 2. The molecule has 28 heavy (non-hydrogen) atoms. The Balaban J connectivity index is 1.49. The van der Waals surface area contributed by atoms with Crippen LogP contribution in [0.3, 0.4) is 0 Å². The van der Waals surface area contributed by atoms with Crippen LogP contribution in [0.15, 0.2) is 54.6 Å². The van der Waals surface area contributed by atoms with Gasteiger partial charge in [-0.3, -0.25) is 20.4 Å². The number of thiazole rings is 1. The summed E-state index contributed by atoms with van der Waals surface area (Å²) in [5.41, 5.74) is 6.44. The highest BCUT2D eigenvalue weighted by atomic mass is 35.5. The van der Waals surface area contributed by atoms with Crippen molar-refractivity contribution in [3.05, 3.63) is 75.1 Å². The van der Waals surface area contributed by atoms with Gasteiger partial charge in [0.2, 0.25) is 0 Å². The highest BCUT2D eigenvalue weighted by Crippen LogP contribution is 2.35. The number of fused-ring (bicyclic) bond motifs is 1. The molecule has 5 nitrogen and oxygen atoms in total. The molecular formula is C20H14ClN3O2S2. The number of aryl methyl sites for hydroxylation is 1. The third-order valence-corrected chi connectivity index (χ3v) is 6.93. The van der Waals surface area contributed by atoms with E-state index in [9.17, 15) is 9.59 Å². The fourth-order valence-corrected chi connectivity index (χ4v) is 5.08. The van der Waals surface area contributed by atoms with E-state index in [1.54, 1.807) is 6.92 Å². The molecule has 0 saturated heterocycles. The predicted octanol–water partition coefficient (Wildman–Crippen LogP) is 5.06. The first-order valence-electron chi connectivity index (χ1n) is 8.35. The first kappa shape index (κ1) is 18.6. The normalized spacial score (nSPS) is 10.8. The number of benzene rings is 2. The summed E-state index contributed by atoms with van der Waals surface area (Å²) in [5, 5.41) is 1.95. The molecule has 2 amide bonds. The van der Waals surface area contributed by atoms with Gasteiger partial charge in [-0.2, -0.15) is 0 Å². The molecule has 0 saturated carbocycles. The Bertz CT molecular complexity index is 1180. The molecule has 0 radical (unpaired) electrons. The number of hydrogen-bond donors (Lipinski definition) is 2. The fraction of sp³-hybridized carbons (Fsp3) is 0.0500. The van der Waals surface area contributed by atoms with Gasteiger partial charge in [-0.25, -0.2) is 4.98 Å². The van der Waals surface area contributed by atoms with Gasteiger partial charge in [0.15, 0.2) is 0 Å². The van der Waals surface area contributed by atoms with Crippen molar-refractivity contribution in [1.29, 1.82) is 0 Å². The van der Waals surface area contributed by atoms with Gasteiger partial charge in [-0.15, -0.1) is 22.7 Å². The first-order chi connectivity index (χ1) is 13.5. The quantitative estimate of drug-likeness (QED) is 0.449. The average molecular weight is 428 g/mol. The van der Waals surface area contributed by atoms with Crippen LogP contribution in [0.5, 0.6) is 0 Å². The number of nitrogens with one attached hydrogen (secondary N) is 2. The van der Waals surface area contributed by atoms with Crippen molar-refractivity contribution in [1.82, 2.24) is 15.8 Å². The molecule has 0 bridgehead atoms. The molecule has 0 aliphatic rings. The van der Waals surface area contributed by atoms with Gasteiger partial charge in [0, 0.05) is 15.6 Å². The number of amides is 2. The highest BCUT2D eigenvalue weighted by molar-refractivity contribution is 7.21. The van der Waals surface area contributed by atoms with E-state index in [0.717, 1.165) is 20.7 Å². The molecule has 8 heteroatoms. The largest absolute Gasteiger partial charge is 0.281 e. The predicted molar refractivity (Wildman–Crippen MR) is 114 cm³/mol. The van der Waals surface area contributed by atoms with Crippen LogP contribution in [0.1, 0.15) is 25.0 Å². The van der Waals surface area contributed by atoms with Crippen LogP contribution in [-0.2, 0) is 0 Å². The Morgan fingerprint density at radius 2 is 1.54 bits per heavy atom. The number of hydrogen-bond acceptors (Lipinski definition) is 5. The lowest BCUT2D eigenvalue weighted by molar-refractivity contribution is 0.0850. The summed E-state index contributed by atoms with van der Waals surface area (Å²) >= 11 is 8.87. The topological polar surface area (TPSA) is 71.1 Å². The van der Waals surface area contributed by atoms with Gasteiger partial charge in [-0.1, -0.05) is 60.1 Å². The van der Waals surface area contributed by atoms with Crippen LogP contribution in [-0.4, -0.2) is 16.8 Å². The van der Waals surface area contributed by atoms with Crippen LogP contribution in [0.4, 0.5) is 0 Å². The standard InChI is InChI=1S/C20H14ClN3O2S2/c1-11-16(28-20(22-11)12-7-3-2-4-8-12)18(25)23-24-19(26)17-15(21)13-9-5-6-10-14(13)27-17/h2-10H,1H3,(H,23,25)(H,24,26). The molecule has 2 aromatic carbocycles. The van der Waals surface area contributed by atoms with E-state index >= 15 is 0 Å². The SMILES string of the molecule is Cc1nc(-c2ccccc2)sc1C(=O)NNC(=O)c1sc2ccccc2c1Cl. The second-order valence-electron chi connectivity index (χ2n) is 5.95. The molecule has 0 spiro atoms. The van der Waals surface area contributed by atoms with Gasteiger partial charge in [0.25, 0.3) is 11.8 Å². The van der Waals surface area contributed by atoms with E-state index in [-0.39, 0.29) is 0 Å². The van der Waals surface area contributed by atoms with Crippen LogP contribution in [0.2, 0.25) is 5.02 Å². The van der Waals surface area contributed by atoms with Gasteiger partial charge in [0.1, 0.15) is 14.8 Å². The summed E-state index contributed by atoms with van der Waals surface area (Å²) in [7, 11) is 0. The van der Waals surface area contributed by atoms with Crippen molar-refractivity contribution in [2.24, 2.45) is 0 Å². The van der Waals surface area contributed by atoms with Gasteiger partial charge >= 0.3 is 0 Å². The van der Waals surface area contributed by atoms with E-state index < -0.39 is 11.8 Å². The van der Waals surface area contributed by atoms with Crippen molar-refractivity contribution < 1.29 is 9.59 Å². The van der Waals surface area contributed by atoms with Crippen molar-refractivity contribution in [2.75, 3.05) is 0 Å². The number of carbonyl (C=O) groups excluding carboxylic acids is 2. The maximum Gasteiger partial charge on any atom is 0.281 e. The zero-order valence-electron chi connectivity index (χ0n) is 14.7. The van der Waals surface area contributed by atoms with E-state index in [1.165, 1.54) is 22.7 Å². The molecule has 0 aliphatic carbocycles. The number of rotatable bonds is 3. The number of halogens is 1. The Morgan fingerprint density at radius 1 is 0.893 bits per heavy atom. The van der Waals surface area contributed by atoms with Crippen molar-refractivity contribution in [2.45, 2.75) is 6.92 Å². The molecule has 0 atom stereocenters. The van der Waals surface area contributed by atoms with Crippen molar-refractivity contribution >= 4 is 56.2 Å². The molecule has 0 fully saturated rings. The van der Waals surface area contributed by atoms with Gasteiger partial charge < -0.3 is 0 Å². The van der Waals surface area contributed by atoms with E-state index in [4.69, 9.17) is 11.6 Å². The minimum Gasteiger partial charge on any atom is -0.266 e. The highest BCUT2D eigenvalue weighted by Gasteiger charge is 2.20.